The highest BCUT2D eigenvalue weighted by atomic mass is 32.2. The van der Waals surface area contributed by atoms with Crippen molar-refractivity contribution in [2.45, 2.75) is 43.7 Å². The number of hydrogen-bond donors (Lipinski definition) is 1. The first-order chi connectivity index (χ1) is 8.63. The minimum Gasteiger partial charge on any atom is -0.378 e. The van der Waals surface area contributed by atoms with Crippen molar-refractivity contribution < 1.29 is 17.8 Å². The summed E-state index contributed by atoms with van der Waals surface area (Å²) in [7, 11) is -3.62. The molecule has 1 atom stereocenters. The van der Waals surface area contributed by atoms with Crippen LogP contribution in [0.25, 0.3) is 0 Å². The molecule has 0 spiro atoms. The smallest absolute Gasteiger partial charge is 0.263 e. The van der Waals surface area contributed by atoms with Crippen LogP contribution in [-0.4, -0.2) is 38.0 Å². The Morgan fingerprint density at radius 2 is 2.28 bits per heavy atom. The standard InChI is InChI=1S/C10H17N3O4S/c1-2-9-10(13-17-12-9)18(14,15)11-6-5-8-4-3-7-16-8/h8,11H,2-7H2,1H3/t8-/m1/s1. The molecule has 1 N–H and O–H groups in total. The average Bonchev–Trinajstić information content (AvgIpc) is 2.99. The molecule has 7 nitrogen and oxygen atoms in total. The Kier molecular flexibility index (Phi) is 4.31. The van der Waals surface area contributed by atoms with E-state index in [9.17, 15) is 8.42 Å². The summed E-state index contributed by atoms with van der Waals surface area (Å²) in [6.45, 7) is 2.90. The van der Waals surface area contributed by atoms with Gasteiger partial charge in [-0.3, -0.25) is 0 Å². The van der Waals surface area contributed by atoms with Crippen molar-refractivity contribution in [1.29, 1.82) is 0 Å². The van der Waals surface area contributed by atoms with Crippen LogP contribution < -0.4 is 4.72 Å². The van der Waals surface area contributed by atoms with E-state index in [0.29, 0.717) is 25.1 Å². The molecule has 1 aliphatic rings. The van der Waals surface area contributed by atoms with Gasteiger partial charge in [-0.25, -0.2) is 17.8 Å². The predicted octanol–water partition coefficient (Wildman–Crippen LogP) is 0.479. The van der Waals surface area contributed by atoms with Crippen LogP contribution in [0.5, 0.6) is 0 Å². The summed E-state index contributed by atoms with van der Waals surface area (Å²) in [4.78, 5) is 0. The van der Waals surface area contributed by atoms with Gasteiger partial charge in [0.05, 0.1) is 6.10 Å². The first-order valence-corrected chi connectivity index (χ1v) is 7.54. The molecule has 102 valence electrons. The third-order valence-corrected chi connectivity index (χ3v) is 4.30. The molecule has 0 saturated carbocycles. The summed E-state index contributed by atoms with van der Waals surface area (Å²) in [6.07, 6.45) is 3.34. The summed E-state index contributed by atoms with van der Waals surface area (Å²) in [5.41, 5.74) is 0.347. The fraction of sp³-hybridized carbons (Fsp3) is 0.800. The number of sulfonamides is 1. The van der Waals surface area contributed by atoms with Crippen LogP contribution in [-0.2, 0) is 21.2 Å². The molecule has 1 saturated heterocycles. The van der Waals surface area contributed by atoms with E-state index < -0.39 is 10.0 Å². The van der Waals surface area contributed by atoms with E-state index in [1.54, 1.807) is 6.92 Å². The Hall–Kier alpha value is -0.990. The van der Waals surface area contributed by atoms with E-state index >= 15 is 0 Å². The van der Waals surface area contributed by atoms with E-state index in [4.69, 9.17) is 4.74 Å². The van der Waals surface area contributed by atoms with Crippen molar-refractivity contribution in [2.75, 3.05) is 13.2 Å². The van der Waals surface area contributed by atoms with Gasteiger partial charge in [-0.1, -0.05) is 12.1 Å². The number of aromatic nitrogens is 2. The Balaban J connectivity index is 1.91. The van der Waals surface area contributed by atoms with Gasteiger partial charge >= 0.3 is 0 Å². The van der Waals surface area contributed by atoms with Crippen LogP contribution in [0.15, 0.2) is 9.65 Å². The number of nitrogens with zero attached hydrogens (tertiary/aromatic N) is 2. The van der Waals surface area contributed by atoms with Gasteiger partial charge in [0.15, 0.2) is 0 Å². The zero-order chi connectivity index (χ0) is 13.0. The normalized spacial score (nSPS) is 20.4. The van der Waals surface area contributed by atoms with E-state index in [1.807, 2.05) is 0 Å². The van der Waals surface area contributed by atoms with E-state index in [2.05, 4.69) is 19.7 Å². The second-order valence-electron chi connectivity index (χ2n) is 4.19. The predicted molar refractivity (Wildman–Crippen MR) is 62.5 cm³/mol. The van der Waals surface area contributed by atoms with Gasteiger partial charge in [-0.05, 0) is 30.8 Å². The molecule has 1 aliphatic heterocycles. The van der Waals surface area contributed by atoms with E-state index in [-0.39, 0.29) is 11.1 Å². The van der Waals surface area contributed by atoms with E-state index in [0.717, 1.165) is 19.4 Å². The highest BCUT2D eigenvalue weighted by Gasteiger charge is 2.24. The maximum Gasteiger partial charge on any atom is 0.263 e. The lowest BCUT2D eigenvalue weighted by Crippen LogP contribution is -2.28. The average molecular weight is 275 g/mol. The molecule has 0 bridgehead atoms. The first-order valence-electron chi connectivity index (χ1n) is 6.06. The summed E-state index contributed by atoms with van der Waals surface area (Å²) in [5, 5.41) is 6.88. The maximum atomic E-state index is 11.9. The Morgan fingerprint density at radius 3 is 2.94 bits per heavy atom. The fourth-order valence-electron chi connectivity index (χ4n) is 1.91. The minimum absolute atomic E-state index is 0.114. The van der Waals surface area contributed by atoms with Gasteiger partial charge in [0.1, 0.15) is 5.69 Å². The van der Waals surface area contributed by atoms with Gasteiger partial charge in [0.2, 0.25) is 5.03 Å². The van der Waals surface area contributed by atoms with Crippen LogP contribution in [0.4, 0.5) is 0 Å². The molecular formula is C10H17N3O4S. The van der Waals surface area contributed by atoms with Crippen molar-refractivity contribution >= 4 is 10.0 Å². The Bertz CT molecular complexity index is 479. The molecule has 0 amide bonds. The fourth-order valence-corrected chi connectivity index (χ4v) is 3.06. The van der Waals surface area contributed by atoms with Crippen LogP contribution in [0.2, 0.25) is 0 Å². The summed E-state index contributed by atoms with van der Waals surface area (Å²) >= 11 is 0. The summed E-state index contributed by atoms with van der Waals surface area (Å²) in [6, 6.07) is 0. The lowest BCUT2D eigenvalue weighted by molar-refractivity contribution is 0.105. The van der Waals surface area contributed by atoms with Gasteiger partial charge in [-0.15, -0.1) is 0 Å². The molecular weight excluding hydrogens is 258 g/mol. The molecule has 0 radical (unpaired) electrons. The molecule has 0 aromatic carbocycles. The lowest BCUT2D eigenvalue weighted by Gasteiger charge is -2.09. The quantitative estimate of drug-likeness (QED) is 0.811. The molecule has 0 unspecified atom stereocenters. The Morgan fingerprint density at radius 1 is 1.44 bits per heavy atom. The van der Waals surface area contributed by atoms with Crippen molar-refractivity contribution in [3.05, 3.63) is 5.69 Å². The summed E-state index contributed by atoms with van der Waals surface area (Å²) in [5.74, 6) is 0. The van der Waals surface area contributed by atoms with Crippen molar-refractivity contribution in [3.63, 3.8) is 0 Å². The van der Waals surface area contributed by atoms with Crippen LogP contribution >= 0.6 is 0 Å². The molecule has 18 heavy (non-hydrogen) atoms. The highest BCUT2D eigenvalue weighted by Crippen LogP contribution is 2.15. The van der Waals surface area contributed by atoms with Crippen molar-refractivity contribution in [2.24, 2.45) is 0 Å². The van der Waals surface area contributed by atoms with Gasteiger partial charge in [-0.2, -0.15) is 0 Å². The zero-order valence-corrected chi connectivity index (χ0v) is 11.1. The molecule has 8 heteroatoms. The van der Waals surface area contributed by atoms with Gasteiger partial charge in [0, 0.05) is 13.2 Å². The second kappa shape index (κ2) is 5.77. The SMILES string of the molecule is CCc1nonc1S(=O)(=O)NCC[C@H]1CCCO1. The molecule has 1 aromatic heterocycles. The van der Waals surface area contributed by atoms with Crippen LogP contribution in [0.1, 0.15) is 31.9 Å². The van der Waals surface area contributed by atoms with Crippen molar-refractivity contribution in [3.8, 4) is 0 Å². The third-order valence-electron chi connectivity index (χ3n) is 2.89. The monoisotopic (exact) mass is 275 g/mol. The summed E-state index contributed by atoms with van der Waals surface area (Å²) < 4.78 is 36.2. The van der Waals surface area contributed by atoms with Crippen LogP contribution in [0, 0.1) is 0 Å². The number of aryl methyl sites for hydroxylation is 1. The number of hydrogen-bond acceptors (Lipinski definition) is 6. The minimum atomic E-state index is -3.62. The van der Waals surface area contributed by atoms with Gasteiger partial charge < -0.3 is 4.74 Å². The molecule has 2 rings (SSSR count). The van der Waals surface area contributed by atoms with Crippen molar-refractivity contribution in [1.82, 2.24) is 15.0 Å². The first kappa shape index (κ1) is 13.4. The molecule has 1 aromatic rings. The third kappa shape index (κ3) is 3.06. The molecule has 0 aliphatic carbocycles. The Labute approximate surface area is 106 Å². The molecule has 2 heterocycles. The largest absolute Gasteiger partial charge is 0.378 e. The number of ether oxygens (including phenoxy) is 1. The zero-order valence-electron chi connectivity index (χ0n) is 10.3. The number of nitrogens with one attached hydrogen (secondary N) is 1. The highest BCUT2D eigenvalue weighted by molar-refractivity contribution is 7.89. The van der Waals surface area contributed by atoms with Gasteiger partial charge in [0.25, 0.3) is 10.0 Å². The molecule has 1 fully saturated rings. The second-order valence-corrected chi connectivity index (χ2v) is 5.87. The lowest BCUT2D eigenvalue weighted by atomic mass is 10.2. The maximum absolute atomic E-state index is 11.9. The topological polar surface area (TPSA) is 94.3 Å². The van der Waals surface area contributed by atoms with E-state index in [1.165, 1.54) is 0 Å². The number of rotatable bonds is 6. The van der Waals surface area contributed by atoms with Crippen LogP contribution in [0.3, 0.4) is 0 Å².